The normalized spacial score (nSPS) is 12.2. The Hall–Kier alpha value is -2.59. The van der Waals surface area contributed by atoms with Crippen LogP contribution in [0.5, 0.6) is 5.75 Å². The maximum atomic E-state index is 13.3. The summed E-state index contributed by atoms with van der Waals surface area (Å²) in [6.45, 7) is 8.02. The minimum absolute atomic E-state index is 0.0588. The van der Waals surface area contributed by atoms with Crippen molar-refractivity contribution < 1.29 is 22.7 Å². The van der Waals surface area contributed by atoms with Gasteiger partial charge in [-0.3, -0.25) is 13.9 Å². The Morgan fingerprint density at radius 1 is 1.08 bits per heavy atom. The van der Waals surface area contributed by atoms with Crippen LogP contribution in [-0.2, 0) is 26.2 Å². The first-order valence-corrected chi connectivity index (χ1v) is 14.6. The van der Waals surface area contributed by atoms with Crippen LogP contribution in [0.25, 0.3) is 0 Å². The Morgan fingerprint density at radius 3 is 2.39 bits per heavy atom. The molecule has 198 valence electrons. The molecule has 0 aliphatic rings. The molecular formula is C26H36BrN3O5S. The molecule has 2 rings (SSSR count). The zero-order valence-corrected chi connectivity index (χ0v) is 23.9. The van der Waals surface area contributed by atoms with Gasteiger partial charge in [-0.15, -0.1) is 0 Å². The highest BCUT2D eigenvalue weighted by molar-refractivity contribution is 9.10. The van der Waals surface area contributed by atoms with Gasteiger partial charge in [0, 0.05) is 30.0 Å². The van der Waals surface area contributed by atoms with Gasteiger partial charge in [0.05, 0.1) is 18.6 Å². The van der Waals surface area contributed by atoms with E-state index in [4.69, 9.17) is 4.74 Å². The van der Waals surface area contributed by atoms with Crippen molar-refractivity contribution in [1.82, 2.24) is 10.2 Å². The molecule has 0 saturated carbocycles. The molecule has 36 heavy (non-hydrogen) atoms. The minimum Gasteiger partial charge on any atom is -0.492 e. The van der Waals surface area contributed by atoms with Crippen LogP contribution in [-0.4, -0.2) is 56.6 Å². The van der Waals surface area contributed by atoms with Crippen LogP contribution >= 0.6 is 15.9 Å². The number of carbonyl (C=O) groups excluding carboxylic acids is 2. The fourth-order valence-electron chi connectivity index (χ4n) is 3.74. The van der Waals surface area contributed by atoms with E-state index in [1.165, 1.54) is 4.31 Å². The van der Waals surface area contributed by atoms with E-state index in [-0.39, 0.29) is 43.8 Å². The molecule has 0 aliphatic heterocycles. The number of ether oxygens (including phenoxy) is 1. The number of anilines is 1. The van der Waals surface area contributed by atoms with E-state index in [1.807, 2.05) is 45.0 Å². The maximum Gasteiger partial charge on any atom is 0.242 e. The maximum absolute atomic E-state index is 13.3. The number of nitrogens with one attached hydrogen (secondary N) is 1. The Balaban J connectivity index is 2.21. The molecule has 1 atom stereocenters. The summed E-state index contributed by atoms with van der Waals surface area (Å²) < 4.78 is 32.9. The SMILES string of the molecule is CCOc1ccccc1N(CCCC(=O)N(Cc1cccc(Br)c1)[C@H](C)C(=O)NC(C)C)S(C)(=O)=O. The molecule has 0 spiro atoms. The highest BCUT2D eigenvalue weighted by Gasteiger charge is 2.27. The molecular weight excluding hydrogens is 546 g/mol. The molecule has 2 aromatic rings. The molecule has 0 radical (unpaired) electrons. The predicted molar refractivity (Wildman–Crippen MR) is 146 cm³/mol. The van der Waals surface area contributed by atoms with Crippen LogP contribution in [0.2, 0.25) is 0 Å². The van der Waals surface area contributed by atoms with E-state index < -0.39 is 16.1 Å². The Bertz CT molecular complexity index is 1140. The zero-order valence-electron chi connectivity index (χ0n) is 21.5. The van der Waals surface area contributed by atoms with Crippen LogP contribution < -0.4 is 14.4 Å². The first-order chi connectivity index (χ1) is 16.9. The first-order valence-electron chi connectivity index (χ1n) is 12.0. The average Bonchev–Trinajstić information content (AvgIpc) is 2.79. The van der Waals surface area contributed by atoms with E-state index in [2.05, 4.69) is 21.2 Å². The first kappa shape index (κ1) is 29.6. The summed E-state index contributed by atoms with van der Waals surface area (Å²) in [7, 11) is -3.61. The molecule has 10 heteroatoms. The van der Waals surface area contributed by atoms with Crippen molar-refractivity contribution in [2.24, 2.45) is 0 Å². The highest BCUT2D eigenvalue weighted by atomic mass is 79.9. The van der Waals surface area contributed by atoms with Gasteiger partial charge in [-0.2, -0.15) is 0 Å². The quantitative estimate of drug-likeness (QED) is 0.379. The minimum atomic E-state index is -3.61. The lowest BCUT2D eigenvalue weighted by Gasteiger charge is -2.30. The van der Waals surface area contributed by atoms with Gasteiger partial charge in [0.15, 0.2) is 0 Å². The third kappa shape index (κ3) is 8.81. The van der Waals surface area contributed by atoms with Gasteiger partial charge >= 0.3 is 0 Å². The van der Waals surface area contributed by atoms with Crippen molar-refractivity contribution in [3.05, 3.63) is 58.6 Å². The number of para-hydroxylation sites is 2. The lowest BCUT2D eigenvalue weighted by molar-refractivity contribution is -0.140. The number of hydrogen-bond acceptors (Lipinski definition) is 5. The monoisotopic (exact) mass is 581 g/mol. The third-order valence-corrected chi connectivity index (χ3v) is 7.10. The number of nitrogens with zero attached hydrogens (tertiary/aromatic N) is 2. The summed E-state index contributed by atoms with van der Waals surface area (Å²) in [4.78, 5) is 27.6. The molecule has 0 saturated heterocycles. The largest absolute Gasteiger partial charge is 0.492 e. The Labute approximate surface area is 223 Å². The number of hydrogen-bond donors (Lipinski definition) is 1. The molecule has 2 aromatic carbocycles. The summed E-state index contributed by atoms with van der Waals surface area (Å²) in [5.74, 6) is -0.00307. The zero-order chi connectivity index (χ0) is 26.9. The van der Waals surface area contributed by atoms with Gasteiger partial charge in [-0.05, 0) is 63.9 Å². The summed E-state index contributed by atoms with van der Waals surface area (Å²) in [6, 6.07) is 13.8. The number of benzene rings is 2. The van der Waals surface area contributed by atoms with Crippen molar-refractivity contribution in [3.8, 4) is 5.75 Å². The summed E-state index contributed by atoms with van der Waals surface area (Å²) in [5.41, 5.74) is 1.32. The second-order valence-electron chi connectivity index (χ2n) is 8.83. The van der Waals surface area contributed by atoms with Gasteiger partial charge in [0.2, 0.25) is 21.8 Å². The summed E-state index contributed by atoms with van der Waals surface area (Å²) in [5, 5.41) is 2.87. The fourth-order valence-corrected chi connectivity index (χ4v) is 5.16. The van der Waals surface area contributed by atoms with Gasteiger partial charge in [-0.25, -0.2) is 8.42 Å². The molecule has 8 nitrogen and oxygen atoms in total. The number of amides is 2. The van der Waals surface area contributed by atoms with Gasteiger partial charge in [0.25, 0.3) is 0 Å². The molecule has 2 amide bonds. The van der Waals surface area contributed by atoms with E-state index in [0.29, 0.717) is 18.0 Å². The number of sulfonamides is 1. The lowest BCUT2D eigenvalue weighted by atomic mass is 10.1. The topological polar surface area (TPSA) is 96.0 Å². The van der Waals surface area contributed by atoms with E-state index in [0.717, 1.165) is 16.3 Å². The van der Waals surface area contributed by atoms with Crippen LogP contribution in [0.4, 0.5) is 5.69 Å². The number of rotatable bonds is 13. The molecule has 0 fully saturated rings. The molecule has 0 aromatic heterocycles. The van der Waals surface area contributed by atoms with Crippen LogP contribution in [0.1, 0.15) is 46.1 Å². The molecule has 0 unspecified atom stereocenters. The fraction of sp³-hybridized carbons (Fsp3) is 0.462. The highest BCUT2D eigenvalue weighted by Crippen LogP contribution is 2.30. The van der Waals surface area contributed by atoms with E-state index >= 15 is 0 Å². The van der Waals surface area contributed by atoms with Crippen molar-refractivity contribution in [2.75, 3.05) is 23.7 Å². The summed E-state index contributed by atoms with van der Waals surface area (Å²) in [6.07, 6.45) is 1.49. The van der Waals surface area contributed by atoms with Crippen molar-refractivity contribution >= 4 is 43.5 Å². The van der Waals surface area contributed by atoms with Crippen molar-refractivity contribution in [1.29, 1.82) is 0 Å². The summed E-state index contributed by atoms with van der Waals surface area (Å²) >= 11 is 3.45. The molecule has 0 bridgehead atoms. The van der Waals surface area contributed by atoms with Gasteiger partial charge < -0.3 is 15.0 Å². The Kier molecular flexibility index (Phi) is 11.2. The average molecular weight is 583 g/mol. The molecule has 0 aliphatic carbocycles. The Morgan fingerprint density at radius 2 is 1.78 bits per heavy atom. The van der Waals surface area contributed by atoms with E-state index in [1.54, 1.807) is 36.1 Å². The second kappa shape index (κ2) is 13.6. The second-order valence-corrected chi connectivity index (χ2v) is 11.7. The van der Waals surface area contributed by atoms with Crippen molar-refractivity contribution in [3.63, 3.8) is 0 Å². The van der Waals surface area contributed by atoms with Gasteiger partial charge in [-0.1, -0.05) is 40.2 Å². The predicted octanol–water partition coefficient (Wildman–Crippen LogP) is 4.34. The van der Waals surface area contributed by atoms with Crippen LogP contribution in [0.15, 0.2) is 53.0 Å². The van der Waals surface area contributed by atoms with Gasteiger partial charge in [0.1, 0.15) is 11.8 Å². The van der Waals surface area contributed by atoms with Crippen LogP contribution in [0.3, 0.4) is 0 Å². The van der Waals surface area contributed by atoms with E-state index in [9.17, 15) is 18.0 Å². The smallest absolute Gasteiger partial charge is 0.242 e. The van der Waals surface area contributed by atoms with Crippen molar-refractivity contribution in [2.45, 2.75) is 59.2 Å². The lowest BCUT2D eigenvalue weighted by Crippen LogP contribution is -2.49. The number of halogens is 1. The number of carbonyl (C=O) groups is 2. The third-order valence-electron chi connectivity index (χ3n) is 5.43. The molecule has 0 heterocycles. The molecule has 1 N–H and O–H groups in total. The van der Waals surface area contributed by atoms with Crippen LogP contribution in [0, 0.1) is 0 Å². The standard InChI is InChI=1S/C26H36BrN3O5S/c1-6-35-24-14-8-7-13-23(24)30(36(5,33)34)16-10-15-25(31)29(20(4)26(32)28-19(2)3)18-21-11-9-12-22(27)17-21/h7-9,11-14,17,19-20H,6,10,15-16,18H2,1-5H3,(H,28,32)/t20-/m1/s1.